The number of amides is 1. The fourth-order valence-corrected chi connectivity index (χ4v) is 2.56. The summed E-state index contributed by atoms with van der Waals surface area (Å²) in [5.41, 5.74) is 1.06. The minimum Gasteiger partial charge on any atom is -0.376 e. The largest absolute Gasteiger partial charge is 0.376 e. The maximum atomic E-state index is 11.7. The Hall–Kier alpha value is -0.390. The molecule has 78 valence electrons. The molecule has 1 heterocycles. The lowest BCUT2D eigenvalue weighted by atomic mass is 10.1. The van der Waals surface area contributed by atoms with Gasteiger partial charge in [-0.15, -0.1) is 0 Å². The number of nitrogens with zero attached hydrogens (tertiary/aromatic N) is 1. The Morgan fingerprint density at radius 3 is 2.71 bits per heavy atom. The number of aliphatic hydroxyl groups excluding tert-OH is 1. The van der Waals surface area contributed by atoms with Crippen molar-refractivity contribution in [2.75, 3.05) is 6.73 Å². The fraction of sp³-hybridized carbons (Fsp3) is 0.556. The van der Waals surface area contributed by atoms with E-state index in [4.69, 9.17) is 17.3 Å². The summed E-state index contributed by atoms with van der Waals surface area (Å²) in [7, 11) is 0. The van der Waals surface area contributed by atoms with Gasteiger partial charge in [0.2, 0.25) is 0 Å². The van der Waals surface area contributed by atoms with Crippen LogP contribution in [0.3, 0.4) is 0 Å². The quantitative estimate of drug-likeness (QED) is 0.594. The Labute approximate surface area is 93.2 Å². The summed E-state index contributed by atoms with van der Waals surface area (Å²) in [5, 5.41) is 8.92. The zero-order valence-electron chi connectivity index (χ0n) is 8.24. The van der Waals surface area contributed by atoms with Gasteiger partial charge in [-0.25, -0.2) is 0 Å². The van der Waals surface area contributed by atoms with E-state index >= 15 is 0 Å². The highest BCUT2D eigenvalue weighted by Crippen LogP contribution is 2.33. The molecule has 1 aliphatic rings. The fourth-order valence-electron chi connectivity index (χ4n) is 1.27. The number of thiocarbonyl (C=S) groups is 1. The van der Waals surface area contributed by atoms with Gasteiger partial charge in [-0.1, -0.05) is 42.9 Å². The summed E-state index contributed by atoms with van der Waals surface area (Å²) in [4.78, 5) is 13.6. The van der Waals surface area contributed by atoms with Crippen molar-refractivity contribution >= 4 is 34.2 Å². The maximum absolute atomic E-state index is 11.7. The maximum Gasteiger partial charge on any atom is 0.268 e. The Bertz CT molecular complexity index is 299. The van der Waals surface area contributed by atoms with E-state index in [-0.39, 0.29) is 12.6 Å². The molecule has 0 unspecified atom stereocenters. The van der Waals surface area contributed by atoms with Gasteiger partial charge in [0.05, 0.1) is 4.91 Å². The van der Waals surface area contributed by atoms with Crippen LogP contribution in [0.15, 0.2) is 10.5 Å². The predicted molar refractivity (Wildman–Crippen MR) is 61.7 cm³/mol. The topological polar surface area (TPSA) is 40.5 Å². The molecule has 0 bridgehead atoms. The van der Waals surface area contributed by atoms with Crippen molar-refractivity contribution in [1.29, 1.82) is 0 Å². The van der Waals surface area contributed by atoms with E-state index in [9.17, 15) is 4.79 Å². The van der Waals surface area contributed by atoms with Crippen LogP contribution in [0.2, 0.25) is 0 Å². The molecule has 3 nitrogen and oxygen atoms in total. The molecular weight excluding hydrogens is 218 g/mol. The molecule has 0 aromatic rings. The summed E-state index contributed by atoms with van der Waals surface area (Å²) >= 11 is 6.25. The Balaban J connectivity index is 2.90. The van der Waals surface area contributed by atoms with E-state index in [0.717, 1.165) is 18.4 Å². The van der Waals surface area contributed by atoms with Crippen molar-refractivity contribution in [3.63, 3.8) is 0 Å². The van der Waals surface area contributed by atoms with Crippen LogP contribution in [0.4, 0.5) is 0 Å². The van der Waals surface area contributed by atoms with Gasteiger partial charge < -0.3 is 5.11 Å². The summed E-state index contributed by atoms with van der Waals surface area (Å²) in [6, 6.07) is 0. The second-order valence-electron chi connectivity index (χ2n) is 3.10. The first kappa shape index (κ1) is 11.7. The number of allylic oxidation sites excluding steroid dienone is 1. The van der Waals surface area contributed by atoms with Gasteiger partial charge in [-0.3, -0.25) is 9.69 Å². The molecule has 0 radical (unpaired) electrons. The zero-order valence-corrected chi connectivity index (χ0v) is 9.87. The highest BCUT2D eigenvalue weighted by Gasteiger charge is 2.32. The first-order valence-electron chi connectivity index (χ1n) is 4.46. The highest BCUT2D eigenvalue weighted by atomic mass is 32.2. The number of carbonyl (C=O) groups excluding carboxylic acids is 1. The van der Waals surface area contributed by atoms with Crippen LogP contribution in [-0.2, 0) is 4.79 Å². The second kappa shape index (κ2) is 4.91. The van der Waals surface area contributed by atoms with Gasteiger partial charge in [0.1, 0.15) is 11.1 Å². The summed E-state index contributed by atoms with van der Waals surface area (Å²) in [6.07, 6.45) is 1.91. The summed E-state index contributed by atoms with van der Waals surface area (Å²) in [5.74, 6) is -0.159. The number of hydrogen-bond acceptors (Lipinski definition) is 4. The lowest BCUT2D eigenvalue weighted by Gasteiger charge is -2.09. The number of rotatable bonds is 3. The Kier molecular flexibility index (Phi) is 4.10. The van der Waals surface area contributed by atoms with Crippen LogP contribution < -0.4 is 0 Å². The minimum atomic E-state index is -0.326. The molecular formula is C9H13NO2S2. The van der Waals surface area contributed by atoms with E-state index < -0.39 is 0 Å². The van der Waals surface area contributed by atoms with Gasteiger partial charge in [-0.2, -0.15) is 0 Å². The first-order valence-corrected chi connectivity index (χ1v) is 5.68. The van der Waals surface area contributed by atoms with Crippen molar-refractivity contribution in [3.8, 4) is 0 Å². The molecule has 1 amide bonds. The monoisotopic (exact) mass is 231 g/mol. The Morgan fingerprint density at radius 2 is 2.29 bits per heavy atom. The number of aliphatic hydroxyl groups is 1. The summed E-state index contributed by atoms with van der Waals surface area (Å²) < 4.78 is 0.447. The van der Waals surface area contributed by atoms with Gasteiger partial charge in [-0.05, 0) is 13.3 Å². The predicted octanol–water partition coefficient (Wildman–Crippen LogP) is 1.87. The van der Waals surface area contributed by atoms with Crippen molar-refractivity contribution in [3.05, 3.63) is 10.5 Å². The van der Waals surface area contributed by atoms with Gasteiger partial charge in [0.25, 0.3) is 5.91 Å². The molecule has 0 aliphatic carbocycles. The van der Waals surface area contributed by atoms with E-state index in [2.05, 4.69) is 6.92 Å². The van der Waals surface area contributed by atoms with Crippen molar-refractivity contribution in [2.24, 2.45) is 0 Å². The molecule has 0 atom stereocenters. The standard InChI is InChI=1S/C9H13NO2S2/c1-3-4-6(2)7-8(12)10(5-11)9(13)14-7/h11H,3-5H2,1-2H3. The van der Waals surface area contributed by atoms with E-state index in [1.807, 2.05) is 6.92 Å². The second-order valence-corrected chi connectivity index (χ2v) is 4.75. The smallest absolute Gasteiger partial charge is 0.268 e. The number of thioether (sulfide) groups is 1. The third-order valence-corrected chi connectivity index (χ3v) is 3.60. The Morgan fingerprint density at radius 1 is 1.64 bits per heavy atom. The number of carbonyl (C=O) groups is 1. The molecule has 1 fully saturated rings. The molecule has 1 rings (SSSR count). The average Bonchev–Trinajstić information content (AvgIpc) is 2.42. The third-order valence-electron chi connectivity index (χ3n) is 2.00. The van der Waals surface area contributed by atoms with Gasteiger partial charge in [0.15, 0.2) is 0 Å². The molecule has 1 saturated heterocycles. The van der Waals surface area contributed by atoms with Crippen LogP contribution >= 0.6 is 24.0 Å². The molecule has 14 heavy (non-hydrogen) atoms. The van der Waals surface area contributed by atoms with Crippen molar-refractivity contribution < 1.29 is 9.90 Å². The third kappa shape index (κ3) is 2.16. The van der Waals surface area contributed by atoms with Crippen LogP contribution in [0.5, 0.6) is 0 Å². The molecule has 5 heteroatoms. The van der Waals surface area contributed by atoms with E-state index in [0.29, 0.717) is 9.23 Å². The molecule has 0 saturated carbocycles. The molecule has 0 aromatic heterocycles. The first-order chi connectivity index (χ1) is 6.61. The average molecular weight is 231 g/mol. The lowest BCUT2D eigenvalue weighted by molar-refractivity contribution is -0.124. The van der Waals surface area contributed by atoms with E-state index in [1.165, 1.54) is 16.7 Å². The highest BCUT2D eigenvalue weighted by molar-refractivity contribution is 8.26. The summed E-state index contributed by atoms with van der Waals surface area (Å²) in [6.45, 7) is 3.68. The molecule has 0 aromatic carbocycles. The van der Waals surface area contributed by atoms with Gasteiger partial charge >= 0.3 is 0 Å². The van der Waals surface area contributed by atoms with Crippen LogP contribution in [0, 0.1) is 0 Å². The lowest BCUT2D eigenvalue weighted by Crippen LogP contribution is -2.28. The molecule has 0 spiro atoms. The van der Waals surface area contributed by atoms with Gasteiger partial charge in [0, 0.05) is 0 Å². The van der Waals surface area contributed by atoms with Crippen LogP contribution in [0.1, 0.15) is 26.7 Å². The molecule has 1 N–H and O–H groups in total. The number of hydrogen-bond donors (Lipinski definition) is 1. The van der Waals surface area contributed by atoms with E-state index in [1.54, 1.807) is 0 Å². The SMILES string of the molecule is CCCC(C)=C1SC(=S)N(CO)C1=O. The van der Waals surface area contributed by atoms with Crippen molar-refractivity contribution in [2.45, 2.75) is 26.7 Å². The minimum absolute atomic E-state index is 0.159. The van der Waals surface area contributed by atoms with Crippen LogP contribution in [0.25, 0.3) is 0 Å². The van der Waals surface area contributed by atoms with Crippen LogP contribution in [-0.4, -0.2) is 27.0 Å². The zero-order chi connectivity index (χ0) is 10.7. The molecule has 1 aliphatic heterocycles. The van der Waals surface area contributed by atoms with Crippen molar-refractivity contribution in [1.82, 2.24) is 4.90 Å². The normalized spacial score (nSPS) is 20.6.